The lowest BCUT2D eigenvalue weighted by Gasteiger charge is -2.19. The van der Waals surface area contributed by atoms with Gasteiger partial charge in [-0.05, 0) is 37.1 Å². The quantitative estimate of drug-likeness (QED) is 0.246. The molecule has 7 nitrogen and oxygen atoms in total. The lowest BCUT2D eigenvalue weighted by molar-refractivity contribution is -0.139. The molecule has 0 amide bonds. The van der Waals surface area contributed by atoms with E-state index in [-0.39, 0.29) is 23.0 Å². The Morgan fingerprint density at radius 2 is 1.76 bits per heavy atom. The zero-order valence-electron chi connectivity index (χ0n) is 18.1. The molecule has 0 N–H and O–H groups in total. The van der Waals surface area contributed by atoms with E-state index >= 15 is 0 Å². The first kappa shape index (κ1) is 21.0. The van der Waals surface area contributed by atoms with Crippen molar-refractivity contribution < 1.29 is 23.1 Å². The van der Waals surface area contributed by atoms with Crippen LogP contribution in [0.3, 0.4) is 0 Å². The Bertz CT molecular complexity index is 1470. The summed E-state index contributed by atoms with van der Waals surface area (Å²) in [5.74, 6) is 0.371. The smallest absolute Gasteiger partial charge is 0.344 e. The topological polar surface area (TPSA) is 96.0 Å². The minimum atomic E-state index is -0.626. The molecule has 168 valence electrons. The number of esters is 1. The fourth-order valence-electron chi connectivity index (χ4n) is 4.43. The van der Waals surface area contributed by atoms with Crippen molar-refractivity contribution in [2.24, 2.45) is 5.92 Å². The average molecular weight is 446 g/mol. The molecule has 0 radical (unpaired) electrons. The summed E-state index contributed by atoms with van der Waals surface area (Å²) in [5, 5.41) is 1.19. The average Bonchev–Trinajstić information content (AvgIpc) is 2.83. The van der Waals surface area contributed by atoms with Gasteiger partial charge in [0.25, 0.3) is 0 Å². The predicted molar refractivity (Wildman–Crippen MR) is 123 cm³/mol. The van der Waals surface area contributed by atoms with Crippen molar-refractivity contribution in [1.29, 1.82) is 0 Å². The minimum Gasteiger partial charge on any atom is -0.493 e. The van der Waals surface area contributed by atoms with Crippen molar-refractivity contribution in [3.8, 4) is 22.6 Å². The van der Waals surface area contributed by atoms with Crippen LogP contribution < -0.4 is 20.7 Å². The minimum absolute atomic E-state index is 0.105. The predicted octanol–water partition coefficient (Wildman–Crippen LogP) is 5.06. The molecule has 0 unspecified atom stereocenters. The Hall–Kier alpha value is -3.87. The highest BCUT2D eigenvalue weighted by Gasteiger charge is 2.23. The van der Waals surface area contributed by atoms with Crippen molar-refractivity contribution in [2.75, 3.05) is 7.11 Å². The van der Waals surface area contributed by atoms with Crippen molar-refractivity contribution in [2.45, 2.75) is 32.1 Å². The number of benzene rings is 2. The van der Waals surface area contributed by atoms with Gasteiger partial charge in [-0.2, -0.15) is 0 Å². The normalized spacial score (nSPS) is 14.5. The van der Waals surface area contributed by atoms with E-state index in [0.717, 1.165) is 32.1 Å². The van der Waals surface area contributed by atoms with Gasteiger partial charge in [0.05, 0.1) is 18.6 Å². The SMILES string of the molecule is COc1cccc2cc(-c3cc(=O)oc4cc(OC(=O)C5CCCCC5)ccc34)c(=O)oc12. The van der Waals surface area contributed by atoms with Crippen LogP contribution in [0.1, 0.15) is 32.1 Å². The third kappa shape index (κ3) is 4.02. The van der Waals surface area contributed by atoms with Gasteiger partial charge in [0, 0.05) is 28.5 Å². The van der Waals surface area contributed by atoms with E-state index in [1.807, 2.05) is 0 Å². The van der Waals surface area contributed by atoms with E-state index in [2.05, 4.69) is 0 Å². The molecule has 7 heteroatoms. The first-order valence-electron chi connectivity index (χ1n) is 10.9. The molecule has 4 aromatic rings. The van der Waals surface area contributed by atoms with Crippen LogP contribution in [0.25, 0.3) is 33.1 Å². The Kier molecular flexibility index (Phi) is 5.46. The largest absolute Gasteiger partial charge is 0.493 e. The first-order valence-corrected chi connectivity index (χ1v) is 10.9. The van der Waals surface area contributed by atoms with Crippen molar-refractivity contribution in [1.82, 2.24) is 0 Å². The molecular formula is C26H22O7. The van der Waals surface area contributed by atoms with Gasteiger partial charge >= 0.3 is 17.2 Å². The van der Waals surface area contributed by atoms with Gasteiger partial charge in [-0.15, -0.1) is 0 Å². The maximum absolute atomic E-state index is 12.8. The van der Waals surface area contributed by atoms with E-state index in [1.165, 1.54) is 19.2 Å². The number of hydrogen-bond donors (Lipinski definition) is 0. The number of carbonyl (C=O) groups is 1. The van der Waals surface area contributed by atoms with Crippen LogP contribution in [0.15, 0.2) is 67.0 Å². The molecule has 2 heterocycles. The molecular weight excluding hydrogens is 424 g/mol. The van der Waals surface area contributed by atoms with Crippen LogP contribution >= 0.6 is 0 Å². The fourth-order valence-corrected chi connectivity index (χ4v) is 4.43. The molecule has 1 aliphatic rings. The molecule has 0 spiro atoms. The number of fused-ring (bicyclic) bond motifs is 2. The molecule has 33 heavy (non-hydrogen) atoms. The van der Waals surface area contributed by atoms with Gasteiger partial charge in [-0.25, -0.2) is 9.59 Å². The van der Waals surface area contributed by atoms with E-state index < -0.39 is 11.3 Å². The van der Waals surface area contributed by atoms with Crippen LogP contribution in [0.5, 0.6) is 11.5 Å². The molecule has 1 fully saturated rings. The van der Waals surface area contributed by atoms with E-state index in [0.29, 0.717) is 33.4 Å². The maximum atomic E-state index is 12.8. The number of hydrogen-bond acceptors (Lipinski definition) is 7. The van der Waals surface area contributed by atoms with Gasteiger partial charge < -0.3 is 18.3 Å². The summed E-state index contributed by atoms with van der Waals surface area (Å²) in [7, 11) is 1.50. The summed E-state index contributed by atoms with van der Waals surface area (Å²) in [4.78, 5) is 37.6. The molecule has 1 saturated carbocycles. The Morgan fingerprint density at radius 3 is 2.55 bits per heavy atom. The van der Waals surface area contributed by atoms with Crippen LogP contribution in [0.4, 0.5) is 0 Å². The Balaban J connectivity index is 1.57. The van der Waals surface area contributed by atoms with Crippen LogP contribution in [-0.4, -0.2) is 13.1 Å². The van der Waals surface area contributed by atoms with Crippen LogP contribution in [0.2, 0.25) is 0 Å². The third-order valence-electron chi connectivity index (χ3n) is 6.11. The lowest BCUT2D eigenvalue weighted by atomic mass is 9.89. The fraction of sp³-hybridized carbons (Fsp3) is 0.269. The number of methoxy groups -OCH3 is 1. The summed E-state index contributed by atoms with van der Waals surface area (Å²) in [6, 6.07) is 13.0. The van der Waals surface area contributed by atoms with Crippen molar-refractivity contribution >= 4 is 27.9 Å². The van der Waals surface area contributed by atoms with E-state index in [9.17, 15) is 14.4 Å². The van der Waals surface area contributed by atoms with Gasteiger partial charge in [-0.3, -0.25) is 4.79 Å². The first-order chi connectivity index (χ1) is 16.0. The molecule has 0 saturated heterocycles. The number of ether oxygens (including phenoxy) is 2. The highest BCUT2D eigenvalue weighted by Crippen LogP contribution is 2.32. The Morgan fingerprint density at radius 1 is 0.939 bits per heavy atom. The summed E-state index contributed by atoms with van der Waals surface area (Å²) in [6.07, 6.45) is 4.84. The van der Waals surface area contributed by atoms with Gasteiger partial charge in [-0.1, -0.05) is 31.4 Å². The zero-order valence-corrected chi connectivity index (χ0v) is 18.1. The summed E-state index contributed by atoms with van der Waals surface area (Å²) in [6.45, 7) is 0. The van der Waals surface area contributed by atoms with Crippen molar-refractivity contribution in [3.05, 3.63) is 69.4 Å². The van der Waals surface area contributed by atoms with Crippen molar-refractivity contribution in [3.63, 3.8) is 0 Å². The number of rotatable bonds is 4. The second-order valence-corrected chi connectivity index (χ2v) is 8.22. The summed E-state index contributed by atoms with van der Waals surface area (Å²) in [5.41, 5.74) is -0.0786. The molecule has 0 bridgehead atoms. The maximum Gasteiger partial charge on any atom is 0.344 e. The molecule has 5 rings (SSSR count). The van der Waals surface area contributed by atoms with Crippen LogP contribution in [-0.2, 0) is 4.79 Å². The summed E-state index contributed by atoms with van der Waals surface area (Å²) >= 11 is 0. The Labute approximate surface area is 188 Å². The second-order valence-electron chi connectivity index (χ2n) is 8.22. The van der Waals surface area contributed by atoms with E-state index in [1.54, 1.807) is 36.4 Å². The number of para-hydroxylation sites is 1. The highest BCUT2D eigenvalue weighted by molar-refractivity contribution is 5.96. The molecule has 2 aromatic heterocycles. The lowest BCUT2D eigenvalue weighted by Crippen LogP contribution is -2.22. The van der Waals surface area contributed by atoms with Gasteiger partial charge in [0.2, 0.25) is 0 Å². The standard InChI is InChI=1S/C26H22O7/c1-30-21-9-5-8-16-12-20(26(29)33-24(16)21)19-14-23(27)32-22-13-17(10-11-18(19)22)31-25(28)15-6-3-2-4-7-15/h5,8-15H,2-4,6-7H2,1H3. The second kappa shape index (κ2) is 8.58. The molecule has 0 aliphatic heterocycles. The molecule has 0 atom stereocenters. The highest BCUT2D eigenvalue weighted by atomic mass is 16.5. The summed E-state index contributed by atoms with van der Waals surface area (Å²) < 4.78 is 21.7. The van der Waals surface area contributed by atoms with Gasteiger partial charge in [0.15, 0.2) is 11.3 Å². The zero-order chi connectivity index (χ0) is 22.9. The number of carbonyl (C=O) groups excluding carboxylic acids is 1. The molecule has 1 aliphatic carbocycles. The monoisotopic (exact) mass is 446 g/mol. The third-order valence-corrected chi connectivity index (χ3v) is 6.11. The van der Waals surface area contributed by atoms with E-state index in [4.69, 9.17) is 18.3 Å². The van der Waals surface area contributed by atoms with Gasteiger partial charge in [0.1, 0.15) is 11.3 Å². The molecule has 2 aromatic carbocycles. The van der Waals surface area contributed by atoms with Crippen LogP contribution in [0, 0.1) is 5.92 Å².